The van der Waals surface area contributed by atoms with Crippen molar-refractivity contribution in [1.29, 1.82) is 0 Å². The monoisotopic (exact) mass is 367 g/mol. The summed E-state index contributed by atoms with van der Waals surface area (Å²) in [5, 5.41) is 0. The van der Waals surface area contributed by atoms with Gasteiger partial charge in [0.25, 0.3) is 0 Å². The Bertz CT molecular complexity index is 516. The van der Waals surface area contributed by atoms with Gasteiger partial charge in [-0.15, -0.1) is 0 Å². The van der Waals surface area contributed by atoms with E-state index >= 15 is 0 Å². The van der Waals surface area contributed by atoms with Crippen LogP contribution in [0.4, 0.5) is 0 Å². The van der Waals surface area contributed by atoms with E-state index in [4.69, 9.17) is 0 Å². The largest absolute Gasteiger partial charge is 0.311 e. The molecule has 0 saturated carbocycles. The maximum Gasteiger partial charge on any atom is 0.311 e. The summed E-state index contributed by atoms with van der Waals surface area (Å²) in [4.78, 5) is 0. The van der Waals surface area contributed by atoms with Gasteiger partial charge in [0.15, 0.2) is 0 Å². The van der Waals surface area contributed by atoms with Crippen molar-refractivity contribution in [2.45, 2.75) is 97.4 Å². The van der Waals surface area contributed by atoms with Crippen LogP contribution in [0.5, 0.6) is 0 Å². The Morgan fingerprint density at radius 3 is 1.68 bits per heavy atom. The Hall–Kier alpha value is -1.16. The van der Waals surface area contributed by atoms with Crippen molar-refractivity contribution in [2.24, 2.45) is 4.36 Å². The molecular formula is C21H37NO2S. The Labute approximate surface area is 157 Å². The summed E-state index contributed by atoms with van der Waals surface area (Å²) in [7, 11) is -2.22. The van der Waals surface area contributed by atoms with Crippen LogP contribution in [0, 0.1) is 0 Å². The molecule has 0 aromatic heterocycles. The SMILES string of the molecule is CC(C)N=S(=O)=O.CCCCCCCCCCCCc1ccccc1. The van der Waals surface area contributed by atoms with Gasteiger partial charge in [-0.2, -0.15) is 12.8 Å². The van der Waals surface area contributed by atoms with E-state index in [1.807, 2.05) is 0 Å². The molecule has 0 spiro atoms. The summed E-state index contributed by atoms with van der Waals surface area (Å²) in [6.07, 6.45) is 15.5. The maximum absolute atomic E-state index is 9.64. The van der Waals surface area contributed by atoms with E-state index in [0.29, 0.717) is 0 Å². The quantitative estimate of drug-likeness (QED) is 0.390. The van der Waals surface area contributed by atoms with E-state index in [2.05, 4.69) is 41.6 Å². The third-order valence-electron chi connectivity index (χ3n) is 3.96. The normalized spacial score (nSPS) is 10.2. The molecule has 0 aliphatic carbocycles. The van der Waals surface area contributed by atoms with E-state index in [0.717, 1.165) is 0 Å². The minimum absolute atomic E-state index is 0.113. The lowest BCUT2D eigenvalue weighted by Gasteiger charge is -2.03. The van der Waals surface area contributed by atoms with Gasteiger partial charge < -0.3 is 0 Å². The first-order valence-corrected chi connectivity index (χ1v) is 10.9. The lowest BCUT2D eigenvalue weighted by Crippen LogP contribution is -1.86. The number of rotatable bonds is 12. The second-order valence-corrected chi connectivity index (χ2v) is 7.48. The standard InChI is InChI=1S/C18H30.C3H7NO2S/c1-2-3-4-5-6-7-8-9-10-12-15-18-16-13-11-14-17-18;1-3(2)4-7(5)6/h11,13-14,16-17H,2-10,12,15H2,1H3;3H,1-2H3. The van der Waals surface area contributed by atoms with Crippen LogP contribution in [-0.2, 0) is 16.9 Å². The molecule has 1 aromatic carbocycles. The van der Waals surface area contributed by atoms with Gasteiger partial charge in [-0.25, -0.2) is 0 Å². The highest BCUT2D eigenvalue weighted by Crippen LogP contribution is 2.12. The molecule has 1 rings (SSSR count). The molecular weight excluding hydrogens is 330 g/mol. The molecule has 0 heterocycles. The van der Waals surface area contributed by atoms with Gasteiger partial charge in [0.1, 0.15) is 0 Å². The Morgan fingerprint density at radius 2 is 1.28 bits per heavy atom. The first kappa shape index (κ1) is 23.8. The second-order valence-electron chi connectivity index (χ2n) is 6.83. The Balaban J connectivity index is 0.000000697. The third-order valence-corrected chi connectivity index (χ3v) is 4.55. The molecule has 0 bridgehead atoms. The van der Waals surface area contributed by atoms with Gasteiger partial charge in [-0.1, -0.05) is 95.0 Å². The van der Waals surface area contributed by atoms with Crippen molar-refractivity contribution < 1.29 is 8.42 Å². The highest BCUT2D eigenvalue weighted by atomic mass is 32.2. The predicted molar refractivity (Wildman–Crippen MR) is 108 cm³/mol. The zero-order valence-corrected chi connectivity index (χ0v) is 17.2. The minimum Gasteiger partial charge on any atom is -0.169 e. The van der Waals surface area contributed by atoms with Gasteiger partial charge in [0, 0.05) is 0 Å². The van der Waals surface area contributed by atoms with E-state index in [9.17, 15) is 8.42 Å². The Morgan fingerprint density at radius 1 is 0.800 bits per heavy atom. The molecule has 0 N–H and O–H groups in total. The van der Waals surface area contributed by atoms with Crippen LogP contribution < -0.4 is 0 Å². The van der Waals surface area contributed by atoms with Crippen molar-refractivity contribution in [2.75, 3.05) is 0 Å². The molecule has 144 valence electrons. The molecule has 1 aromatic rings. The fraction of sp³-hybridized carbons (Fsp3) is 0.714. The van der Waals surface area contributed by atoms with Crippen LogP contribution in [0.3, 0.4) is 0 Å². The first-order chi connectivity index (χ1) is 12.1. The van der Waals surface area contributed by atoms with Gasteiger partial charge in [0.05, 0.1) is 6.04 Å². The van der Waals surface area contributed by atoms with Gasteiger partial charge in [-0.05, 0) is 32.3 Å². The zero-order chi connectivity index (χ0) is 18.8. The zero-order valence-electron chi connectivity index (χ0n) is 16.4. The van der Waals surface area contributed by atoms with E-state index in [-0.39, 0.29) is 6.04 Å². The first-order valence-electron chi connectivity index (χ1n) is 9.90. The minimum atomic E-state index is -2.22. The van der Waals surface area contributed by atoms with Crippen LogP contribution in [-0.4, -0.2) is 14.5 Å². The van der Waals surface area contributed by atoms with E-state index in [1.54, 1.807) is 13.8 Å². The third kappa shape index (κ3) is 19.0. The van der Waals surface area contributed by atoms with Crippen LogP contribution in [0.25, 0.3) is 0 Å². The number of unbranched alkanes of at least 4 members (excludes halogenated alkanes) is 9. The lowest BCUT2D eigenvalue weighted by atomic mass is 10.0. The number of aryl methyl sites for hydroxylation is 1. The maximum atomic E-state index is 9.64. The van der Waals surface area contributed by atoms with Crippen LogP contribution >= 0.6 is 0 Å². The topological polar surface area (TPSA) is 46.5 Å². The number of benzene rings is 1. The number of hydrogen-bond donors (Lipinski definition) is 0. The van der Waals surface area contributed by atoms with Gasteiger partial charge >= 0.3 is 10.5 Å². The van der Waals surface area contributed by atoms with Crippen LogP contribution in [0.2, 0.25) is 0 Å². The number of hydrogen-bond acceptors (Lipinski definition) is 3. The fourth-order valence-electron chi connectivity index (χ4n) is 2.63. The van der Waals surface area contributed by atoms with Crippen LogP contribution in [0.1, 0.15) is 90.5 Å². The molecule has 0 amide bonds. The highest BCUT2D eigenvalue weighted by molar-refractivity contribution is 7.61. The number of nitrogens with zero attached hydrogens (tertiary/aromatic N) is 1. The van der Waals surface area contributed by atoms with Crippen molar-refractivity contribution in [3.05, 3.63) is 35.9 Å². The molecule has 4 heteroatoms. The molecule has 3 nitrogen and oxygen atoms in total. The summed E-state index contributed by atoms with van der Waals surface area (Å²) in [6, 6.07) is 10.8. The molecule has 25 heavy (non-hydrogen) atoms. The van der Waals surface area contributed by atoms with E-state index < -0.39 is 10.5 Å². The molecule has 0 saturated heterocycles. The summed E-state index contributed by atoms with van der Waals surface area (Å²) in [6.45, 7) is 5.69. The fourth-order valence-corrected chi connectivity index (χ4v) is 2.98. The summed E-state index contributed by atoms with van der Waals surface area (Å²) < 4.78 is 22.5. The second kappa shape index (κ2) is 17.7. The predicted octanol–water partition coefficient (Wildman–Crippen LogP) is 6.61. The van der Waals surface area contributed by atoms with Gasteiger partial charge in [-0.3, -0.25) is 0 Å². The summed E-state index contributed by atoms with van der Waals surface area (Å²) >= 11 is 0. The van der Waals surface area contributed by atoms with Crippen molar-refractivity contribution >= 4 is 10.5 Å². The average Bonchev–Trinajstić information content (AvgIpc) is 2.57. The highest BCUT2D eigenvalue weighted by Gasteiger charge is 1.94. The summed E-state index contributed by atoms with van der Waals surface area (Å²) in [5.41, 5.74) is 1.50. The van der Waals surface area contributed by atoms with Crippen molar-refractivity contribution in [3.8, 4) is 0 Å². The van der Waals surface area contributed by atoms with Gasteiger partial charge in [0.2, 0.25) is 0 Å². The van der Waals surface area contributed by atoms with Crippen LogP contribution in [0.15, 0.2) is 34.7 Å². The average molecular weight is 368 g/mol. The molecule has 0 aliphatic heterocycles. The van der Waals surface area contributed by atoms with Crippen molar-refractivity contribution in [1.82, 2.24) is 0 Å². The summed E-state index contributed by atoms with van der Waals surface area (Å²) in [5.74, 6) is 0. The molecule has 0 unspecified atom stereocenters. The smallest absolute Gasteiger partial charge is 0.169 e. The Kier molecular flexibility index (Phi) is 16.8. The molecule has 0 radical (unpaired) electrons. The molecule has 0 fully saturated rings. The molecule has 0 atom stereocenters. The lowest BCUT2D eigenvalue weighted by molar-refractivity contribution is 0.556. The van der Waals surface area contributed by atoms with E-state index in [1.165, 1.54) is 76.2 Å². The molecule has 0 aliphatic rings. The van der Waals surface area contributed by atoms with Crippen molar-refractivity contribution in [3.63, 3.8) is 0 Å².